The lowest BCUT2D eigenvalue weighted by molar-refractivity contribution is -0.228. The van der Waals surface area contributed by atoms with Gasteiger partial charge < -0.3 is 0 Å². The van der Waals surface area contributed by atoms with E-state index in [1.165, 1.54) is 0 Å². The van der Waals surface area contributed by atoms with Gasteiger partial charge >= 0.3 is 12.4 Å². The highest BCUT2D eigenvalue weighted by molar-refractivity contribution is 14.1. The summed E-state index contributed by atoms with van der Waals surface area (Å²) in [6, 6.07) is 0. The average molecular weight is 310 g/mol. The monoisotopic (exact) mass is 310 g/mol. The number of hydrogen-bond donors (Lipinski definition) is 0. The van der Waals surface area contributed by atoms with E-state index in [4.69, 9.17) is 0 Å². The van der Waals surface area contributed by atoms with Gasteiger partial charge in [-0.15, -0.1) is 0 Å². The fourth-order valence-electron chi connectivity index (χ4n) is 0.352. The first-order valence-corrected chi connectivity index (χ1v) is 3.55. The van der Waals surface area contributed by atoms with Gasteiger partial charge in [0.25, 0.3) is 3.68 Å². The molecule has 0 aromatic rings. The van der Waals surface area contributed by atoms with Gasteiger partial charge in [0.1, 0.15) is 0 Å². The molecule has 0 spiro atoms. The molecule has 0 heterocycles. The van der Waals surface area contributed by atoms with Gasteiger partial charge in [-0.1, -0.05) is 0 Å². The van der Waals surface area contributed by atoms with Crippen LogP contribution in [0.3, 0.4) is 0 Å². The van der Waals surface area contributed by atoms with Gasteiger partial charge in [-0.2, -0.15) is 26.3 Å². The number of hydrogen-bond acceptors (Lipinski definition) is 0. The van der Waals surface area contributed by atoms with Crippen molar-refractivity contribution in [3.8, 4) is 0 Å². The lowest BCUT2D eigenvalue weighted by Crippen LogP contribution is -2.38. The molecule has 0 nitrogen and oxygen atoms in total. The fraction of sp³-hybridized carbons (Fsp3) is 1.00. The van der Waals surface area contributed by atoms with Gasteiger partial charge in [-0.05, 0) is 22.6 Å². The Hall–Kier alpha value is 0.240. The number of halogens is 8. The Balaban J connectivity index is 4.44. The van der Waals surface area contributed by atoms with Crippen LogP contribution in [0.2, 0.25) is 0 Å². The average Bonchev–Trinajstić information content (AvgIpc) is 1.52. The molecule has 0 bridgehead atoms. The van der Waals surface area contributed by atoms with Crippen LogP contribution in [0.25, 0.3) is 0 Å². The molecule has 0 amide bonds. The minimum atomic E-state index is -5.50. The molecule has 1 atom stereocenters. The predicted octanol–water partition coefficient (Wildman–Crippen LogP) is 3.60. The second-order valence-electron chi connectivity index (χ2n) is 1.99. The first-order valence-electron chi connectivity index (χ1n) is 2.47. The van der Waals surface area contributed by atoms with Crippen molar-refractivity contribution in [2.45, 2.75) is 22.4 Å². The van der Waals surface area contributed by atoms with Gasteiger partial charge in [-0.3, -0.25) is 0 Å². The van der Waals surface area contributed by atoms with Gasteiger partial charge in [-0.25, -0.2) is 4.39 Å². The third-order valence-corrected chi connectivity index (χ3v) is 1.83. The van der Waals surface area contributed by atoms with Crippen LogP contribution in [0.5, 0.6) is 0 Å². The van der Waals surface area contributed by atoms with E-state index in [1.54, 1.807) is 0 Å². The molecule has 1 unspecified atom stereocenters. The van der Waals surface area contributed by atoms with Crippen molar-refractivity contribution < 1.29 is 30.7 Å². The maximum Gasteiger partial charge on any atom is 0.432 e. The molecule has 0 saturated heterocycles. The molecule has 0 aromatic carbocycles. The van der Waals surface area contributed by atoms with E-state index in [0.717, 1.165) is 0 Å². The largest absolute Gasteiger partial charge is 0.432 e. The van der Waals surface area contributed by atoms with Crippen molar-refractivity contribution in [3.05, 3.63) is 0 Å². The highest BCUT2D eigenvalue weighted by Crippen LogP contribution is 2.46. The summed E-state index contributed by atoms with van der Waals surface area (Å²) in [4.78, 5) is 0. The maximum atomic E-state index is 12.2. The first kappa shape index (κ1) is 12.2. The van der Waals surface area contributed by atoms with Crippen molar-refractivity contribution in [1.82, 2.24) is 0 Å². The van der Waals surface area contributed by atoms with E-state index in [9.17, 15) is 30.7 Å². The SMILES string of the molecule is FC(F)(F)CC(F)(I)C(F)(F)F. The standard InChI is InChI=1S/C4H2F7I/c5-2(12,4(9,10)11)1-3(6,7)8/h1H2. The third kappa shape index (κ3) is 3.76. The Bertz CT molecular complexity index is 154. The lowest BCUT2D eigenvalue weighted by Gasteiger charge is -2.22. The Morgan fingerprint density at radius 2 is 1.17 bits per heavy atom. The molecule has 0 aliphatic rings. The molecular formula is C4H2F7I. The summed E-state index contributed by atoms with van der Waals surface area (Å²) in [5.74, 6) is 0. The van der Waals surface area contributed by atoms with Crippen LogP contribution in [0.4, 0.5) is 30.7 Å². The molecular weight excluding hydrogens is 308 g/mol. The van der Waals surface area contributed by atoms with Gasteiger partial charge in [0, 0.05) is 0 Å². The zero-order valence-corrected chi connectivity index (χ0v) is 7.39. The summed E-state index contributed by atoms with van der Waals surface area (Å²) in [5, 5.41) is 0. The molecule has 0 rings (SSSR count). The molecule has 8 heteroatoms. The molecule has 0 N–H and O–H groups in total. The zero-order valence-electron chi connectivity index (χ0n) is 5.23. The quantitative estimate of drug-likeness (QED) is 0.394. The fourth-order valence-corrected chi connectivity index (χ4v) is 0.784. The summed E-state index contributed by atoms with van der Waals surface area (Å²) in [6.07, 6.45) is -13.2. The molecule has 0 aliphatic carbocycles. The Morgan fingerprint density at radius 1 is 0.833 bits per heavy atom. The predicted molar refractivity (Wildman–Crippen MR) is 34.6 cm³/mol. The summed E-state index contributed by atoms with van der Waals surface area (Å²) < 4.78 is 76.5. The Labute approximate surface area is 76.3 Å². The highest BCUT2D eigenvalue weighted by Gasteiger charge is 2.59. The summed E-state index contributed by atoms with van der Waals surface area (Å²) in [7, 11) is 0. The van der Waals surface area contributed by atoms with Gasteiger partial charge in [0.15, 0.2) is 0 Å². The first-order chi connectivity index (χ1) is 4.96. The van der Waals surface area contributed by atoms with Crippen LogP contribution in [-0.2, 0) is 0 Å². The highest BCUT2D eigenvalue weighted by atomic mass is 127. The van der Waals surface area contributed by atoms with Crippen LogP contribution in [0.15, 0.2) is 0 Å². The van der Waals surface area contributed by atoms with E-state index >= 15 is 0 Å². The van der Waals surface area contributed by atoms with Crippen molar-refractivity contribution in [1.29, 1.82) is 0 Å². The molecule has 0 aliphatic heterocycles. The zero-order chi connectivity index (χ0) is 10.2. The molecule has 0 saturated carbocycles. The summed E-state index contributed by atoms with van der Waals surface area (Å²) in [6.45, 7) is 0. The van der Waals surface area contributed by atoms with E-state index < -0.39 is 22.4 Å². The molecule has 0 fully saturated rings. The smallest absolute Gasteiger partial charge is 0.222 e. The van der Waals surface area contributed by atoms with E-state index in [2.05, 4.69) is 0 Å². The second-order valence-corrected chi connectivity index (χ2v) is 3.70. The summed E-state index contributed by atoms with van der Waals surface area (Å²) in [5.41, 5.74) is 0. The Kier molecular flexibility index (Phi) is 3.25. The number of alkyl halides is 8. The lowest BCUT2D eigenvalue weighted by atomic mass is 10.2. The molecule has 0 radical (unpaired) electrons. The van der Waals surface area contributed by atoms with E-state index in [1.807, 2.05) is 0 Å². The second kappa shape index (κ2) is 3.18. The van der Waals surface area contributed by atoms with E-state index in [-0.39, 0.29) is 22.6 Å². The van der Waals surface area contributed by atoms with Crippen LogP contribution in [0, 0.1) is 0 Å². The van der Waals surface area contributed by atoms with Crippen molar-refractivity contribution in [3.63, 3.8) is 0 Å². The minimum Gasteiger partial charge on any atom is -0.222 e. The van der Waals surface area contributed by atoms with E-state index in [0.29, 0.717) is 0 Å². The molecule has 0 aromatic heterocycles. The van der Waals surface area contributed by atoms with Crippen LogP contribution < -0.4 is 0 Å². The van der Waals surface area contributed by atoms with Gasteiger partial charge in [0.05, 0.1) is 6.42 Å². The van der Waals surface area contributed by atoms with Crippen molar-refractivity contribution in [2.75, 3.05) is 0 Å². The normalized spacial score (nSPS) is 19.0. The topological polar surface area (TPSA) is 0 Å². The minimum absolute atomic E-state index is 0.0960. The van der Waals surface area contributed by atoms with Crippen LogP contribution in [-0.4, -0.2) is 16.0 Å². The van der Waals surface area contributed by atoms with Crippen LogP contribution in [0.1, 0.15) is 6.42 Å². The molecule has 12 heavy (non-hydrogen) atoms. The molecule has 74 valence electrons. The maximum absolute atomic E-state index is 12.2. The van der Waals surface area contributed by atoms with Crippen molar-refractivity contribution in [2.24, 2.45) is 0 Å². The summed E-state index contributed by atoms with van der Waals surface area (Å²) >= 11 is 0.0960. The third-order valence-electron chi connectivity index (χ3n) is 0.837. The van der Waals surface area contributed by atoms with Gasteiger partial charge in [0.2, 0.25) is 0 Å². The van der Waals surface area contributed by atoms with Crippen LogP contribution >= 0.6 is 22.6 Å². The Morgan fingerprint density at radius 3 is 1.25 bits per heavy atom. The van der Waals surface area contributed by atoms with Crippen molar-refractivity contribution >= 4 is 22.6 Å². The number of rotatable bonds is 1.